The maximum Gasteiger partial charge on any atom is 0.351 e. The van der Waals surface area contributed by atoms with E-state index in [0.717, 1.165) is 21.3 Å². The Morgan fingerprint density at radius 2 is 1.28 bits per heavy atom. The maximum absolute atomic E-state index is 12.5. The summed E-state index contributed by atoms with van der Waals surface area (Å²) in [6.07, 6.45) is -5.52. The number of hydrogen-bond acceptors (Lipinski definition) is 7. The van der Waals surface area contributed by atoms with E-state index in [1.165, 1.54) is 12.3 Å². The highest BCUT2D eigenvalue weighted by atomic mass is 16.6. The first-order valence-corrected chi connectivity index (χ1v) is 11.7. The Hall–Kier alpha value is -3.82. The number of aromatic nitrogens is 2. The minimum absolute atomic E-state index is 0.0251. The van der Waals surface area contributed by atoms with E-state index in [2.05, 4.69) is 4.98 Å². The van der Waals surface area contributed by atoms with Gasteiger partial charge in [-0.15, -0.1) is 0 Å². The molecule has 0 bridgehead atoms. The molecular weight excluding hydrogens is 458 g/mol. The molecule has 0 amide bonds. The number of nitrogens with two attached hydrogens (primary N) is 1. The number of nitrogen functional groups attached to an aromatic ring is 1. The summed E-state index contributed by atoms with van der Waals surface area (Å²) in [6.45, 7) is 0. The van der Waals surface area contributed by atoms with Crippen LogP contribution in [0.15, 0.2) is 108 Å². The molecule has 1 aliphatic heterocycles. The van der Waals surface area contributed by atoms with Gasteiger partial charge in [-0.05, 0) is 22.8 Å². The van der Waals surface area contributed by atoms with Gasteiger partial charge in [0, 0.05) is 6.20 Å². The van der Waals surface area contributed by atoms with Crippen LogP contribution >= 0.6 is 0 Å². The minimum atomic E-state index is -1.50. The molecule has 4 aromatic rings. The molecule has 5 N–H and O–H groups in total. The van der Waals surface area contributed by atoms with Crippen LogP contribution in [0, 0.1) is 0 Å². The number of anilines is 1. The number of hydrogen-bond donors (Lipinski definition) is 4. The summed E-state index contributed by atoms with van der Waals surface area (Å²) < 4.78 is 7.12. The van der Waals surface area contributed by atoms with Gasteiger partial charge >= 0.3 is 5.69 Å². The highest BCUT2D eigenvalue weighted by molar-refractivity contribution is 5.52. The molecule has 2 heterocycles. The fourth-order valence-electron chi connectivity index (χ4n) is 5.16. The summed E-state index contributed by atoms with van der Waals surface area (Å²) in [4.78, 5) is 16.1. The molecule has 0 saturated carbocycles. The summed E-state index contributed by atoms with van der Waals surface area (Å²) >= 11 is 0. The molecule has 1 unspecified atom stereocenters. The van der Waals surface area contributed by atoms with Crippen LogP contribution in [0.5, 0.6) is 0 Å². The average Bonchev–Trinajstić information content (AvgIpc) is 3.20. The van der Waals surface area contributed by atoms with E-state index in [9.17, 15) is 20.1 Å². The van der Waals surface area contributed by atoms with Gasteiger partial charge in [-0.25, -0.2) is 4.79 Å². The van der Waals surface area contributed by atoms with Crippen molar-refractivity contribution in [1.29, 1.82) is 0 Å². The molecule has 36 heavy (non-hydrogen) atoms. The van der Waals surface area contributed by atoms with E-state index in [4.69, 9.17) is 10.5 Å². The fourth-order valence-corrected chi connectivity index (χ4v) is 5.16. The van der Waals surface area contributed by atoms with E-state index in [1.54, 1.807) is 0 Å². The van der Waals surface area contributed by atoms with Crippen LogP contribution in [0.3, 0.4) is 0 Å². The lowest BCUT2D eigenvalue weighted by Crippen LogP contribution is -2.52. The van der Waals surface area contributed by atoms with Crippen LogP contribution in [-0.2, 0) is 10.2 Å². The summed E-state index contributed by atoms with van der Waals surface area (Å²) in [7, 11) is 0. The van der Waals surface area contributed by atoms with E-state index in [1.807, 2.05) is 91.0 Å². The monoisotopic (exact) mass is 485 g/mol. The Morgan fingerprint density at radius 1 is 0.806 bits per heavy atom. The topological polar surface area (TPSA) is 131 Å². The highest BCUT2D eigenvalue weighted by Gasteiger charge is 2.55. The third-order valence-corrected chi connectivity index (χ3v) is 6.84. The van der Waals surface area contributed by atoms with Gasteiger partial charge in [0.15, 0.2) is 6.23 Å². The first kappa shape index (κ1) is 23.9. The number of benzene rings is 3. The number of rotatable bonds is 6. The summed E-state index contributed by atoms with van der Waals surface area (Å²) in [5, 5.41) is 34.2. The normalized spacial score (nSPS) is 22.9. The van der Waals surface area contributed by atoms with Crippen molar-refractivity contribution in [2.75, 3.05) is 5.73 Å². The zero-order chi connectivity index (χ0) is 25.3. The van der Waals surface area contributed by atoms with E-state index >= 15 is 0 Å². The molecule has 1 saturated heterocycles. The molecule has 3 aromatic carbocycles. The van der Waals surface area contributed by atoms with Crippen LogP contribution in [0.2, 0.25) is 0 Å². The van der Waals surface area contributed by atoms with Crippen molar-refractivity contribution >= 4 is 5.82 Å². The quantitative estimate of drug-likeness (QED) is 0.307. The van der Waals surface area contributed by atoms with Gasteiger partial charge < -0.3 is 25.8 Å². The van der Waals surface area contributed by atoms with Crippen molar-refractivity contribution in [1.82, 2.24) is 9.55 Å². The highest BCUT2D eigenvalue weighted by Crippen LogP contribution is 2.46. The number of nitrogens with zero attached hydrogens (tertiary/aromatic N) is 2. The van der Waals surface area contributed by atoms with Gasteiger partial charge in [0.05, 0.1) is 5.41 Å². The van der Waals surface area contributed by atoms with Gasteiger partial charge in [0.1, 0.15) is 30.2 Å². The van der Waals surface area contributed by atoms with Crippen molar-refractivity contribution in [3.05, 3.63) is 130 Å². The fraction of sp³-hybridized carbons (Fsp3) is 0.214. The van der Waals surface area contributed by atoms with Crippen molar-refractivity contribution in [2.24, 2.45) is 0 Å². The molecule has 8 nitrogen and oxygen atoms in total. The van der Waals surface area contributed by atoms with E-state index in [-0.39, 0.29) is 5.82 Å². The average molecular weight is 486 g/mol. The van der Waals surface area contributed by atoms with Gasteiger partial charge in [-0.1, -0.05) is 91.0 Å². The molecule has 1 aromatic heterocycles. The molecule has 1 fully saturated rings. The first-order valence-electron chi connectivity index (χ1n) is 11.7. The lowest BCUT2D eigenvalue weighted by atomic mass is 9.64. The Labute approximate surface area is 207 Å². The Balaban J connectivity index is 1.68. The first-order chi connectivity index (χ1) is 17.4. The van der Waals surface area contributed by atoms with Crippen molar-refractivity contribution in [3.63, 3.8) is 0 Å². The molecule has 184 valence electrons. The zero-order valence-electron chi connectivity index (χ0n) is 19.3. The zero-order valence-corrected chi connectivity index (χ0v) is 19.3. The van der Waals surface area contributed by atoms with Crippen LogP contribution in [-0.4, -0.2) is 49.3 Å². The summed E-state index contributed by atoms with van der Waals surface area (Å²) in [5.41, 5.74) is 6.01. The minimum Gasteiger partial charge on any atom is -0.389 e. The van der Waals surface area contributed by atoms with Crippen molar-refractivity contribution < 1.29 is 20.1 Å². The van der Waals surface area contributed by atoms with E-state index in [0.29, 0.717) is 0 Å². The van der Waals surface area contributed by atoms with Crippen molar-refractivity contribution in [2.45, 2.75) is 36.1 Å². The Morgan fingerprint density at radius 3 is 1.72 bits per heavy atom. The van der Waals surface area contributed by atoms with Crippen LogP contribution in [0.25, 0.3) is 0 Å². The lowest BCUT2D eigenvalue weighted by Gasteiger charge is -2.42. The Bertz CT molecular complexity index is 1270. The molecule has 1 aliphatic rings. The molecule has 0 aliphatic carbocycles. The molecular formula is C28H27N3O5. The summed E-state index contributed by atoms with van der Waals surface area (Å²) in [6, 6.07) is 29.8. The van der Waals surface area contributed by atoms with Gasteiger partial charge in [0.2, 0.25) is 0 Å². The molecule has 8 heteroatoms. The number of aliphatic hydroxyl groups excluding tert-OH is 3. The second-order valence-electron chi connectivity index (χ2n) is 8.87. The SMILES string of the molecule is Nc1ccn([C@@H]2O[C@H](C(O)C(c3ccccc3)(c3ccccc3)c3ccccc3)[C@@H](O)[C@H]2O)c(=O)n1. The van der Waals surface area contributed by atoms with Gasteiger partial charge in [0.25, 0.3) is 0 Å². The van der Waals surface area contributed by atoms with Crippen molar-refractivity contribution in [3.8, 4) is 0 Å². The molecule has 5 atom stereocenters. The van der Waals surface area contributed by atoms with Crippen LogP contribution in [0.1, 0.15) is 22.9 Å². The molecule has 0 radical (unpaired) electrons. The predicted molar refractivity (Wildman–Crippen MR) is 134 cm³/mol. The standard InChI is InChI=1S/C28H27N3O5/c29-21-16-17-31(27(35)30-21)26-23(33)22(32)24(36-26)25(34)28(18-10-4-1-5-11-18,19-12-6-2-7-13-19)20-14-8-3-9-15-20/h1-17,22-26,32-34H,(H2,29,30,35)/t22-,23+,24-,25?,26+/m0/s1. The number of aliphatic hydroxyl groups is 3. The molecule has 5 rings (SSSR count). The molecule has 0 spiro atoms. The van der Waals surface area contributed by atoms with Gasteiger partial charge in [-0.3, -0.25) is 4.57 Å². The summed E-state index contributed by atoms with van der Waals surface area (Å²) in [5.74, 6) is 0.0251. The lowest BCUT2D eigenvalue weighted by molar-refractivity contribution is -0.0992. The third kappa shape index (κ3) is 3.90. The third-order valence-electron chi connectivity index (χ3n) is 6.84. The Kier molecular flexibility index (Phi) is 6.42. The smallest absolute Gasteiger partial charge is 0.351 e. The maximum atomic E-state index is 12.5. The predicted octanol–water partition coefficient (Wildman–Crippen LogP) is 1.84. The largest absolute Gasteiger partial charge is 0.389 e. The van der Waals surface area contributed by atoms with Gasteiger partial charge in [-0.2, -0.15) is 4.98 Å². The second-order valence-corrected chi connectivity index (χ2v) is 8.87. The van der Waals surface area contributed by atoms with Crippen LogP contribution < -0.4 is 11.4 Å². The van der Waals surface area contributed by atoms with E-state index < -0.39 is 41.7 Å². The number of ether oxygens (including phenoxy) is 1. The van der Waals surface area contributed by atoms with Crippen LogP contribution in [0.4, 0.5) is 5.82 Å². The second kappa shape index (κ2) is 9.67.